The van der Waals surface area contributed by atoms with Gasteiger partial charge in [0.05, 0.1) is 12.7 Å². The van der Waals surface area contributed by atoms with Gasteiger partial charge >= 0.3 is 5.97 Å². The second-order valence-electron chi connectivity index (χ2n) is 4.98. The van der Waals surface area contributed by atoms with Crippen molar-refractivity contribution in [2.24, 2.45) is 5.92 Å². The molecule has 1 fully saturated rings. The van der Waals surface area contributed by atoms with Crippen LogP contribution in [0.3, 0.4) is 0 Å². The van der Waals surface area contributed by atoms with E-state index in [2.05, 4.69) is 5.32 Å². The van der Waals surface area contributed by atoms with Crippen molar-refractivity contribution >= 4 is 11.7 Å². The van der Waals surface area contributed by atoms with Crippen molar-refractivity contribution in [1.82, 2.24) is 0 Å². The zero-order chi connectivity index (χ0) is 13.7. The molecule has 1 aromatic carbocycles. The van der Waals surface area contributed by atoms with Gasteiger partial charge in [0, 0.05) is 25.4 Å². The monoisotopic (exact) mass is 263 g/mol. The smallest absolute Gasteiger partial charge is 0.339 e. The summed E-state index contributed by atoms with van der Waals surface area (Å²) in [6, 6.07) is 5.80. The number of esters is 1. The number of hydrogen-bond acceptors (Lipinski definition) is 4. The van der Waals surface area contributed by atoms with Crippen LogP contribution in [0.1, 0.15) is 28.8 Å². The third-order valence-electron chi connectivity index (χ3n) is 3.50. The molecule has 1 aliphatic rings. The van der Waals surface area contributed by atoms with Gasteiger partial charge in [-0.15, -0.1) is 0 Å². The lowest BCUT2D eigenvalue weighted by Crippen LogP contribution is -2.23. The van der Waals surface area contributed by atoms with Crippen LogP contribution in [-0.4, -0.2) is 32.8 Å². The zero-order valence-corrected chi connectivity index (χ0v) is 11.6. The molecule has 1 N–H and O–H groups in total. The number of methoxy groups -OCH3 is 1. The summed E-state index contributed by atoms with van der Waals surface area (Å²) in [5, 5.41) is 3.37. The van der Waals surface area contributed by atoms with Gasteiger partial charge in [-0.1, -0.05) is 11.6 Å². The van der Waals surface area contributed by atoms with E-state index in [1.54, 1.807) is 0 Å². The molecule has 4 nitrogen and oxygen atoms in total. The van der Waals surface area contributed by atoms with Gasteiger partial charge in [0.25, 0.3) is 0 Å². The van der Waals surface area contributed by atoms with Crippen LogP contribution in [0.2, 0.25) is 0 Å². The number of ether oxygens (including phenoxy) is 2. The summed E-state index contributed by atoms with van der Waals surface area (Å²) in [5.41, 5.74) is 2.51. The number of anilines is 1. The fourth-order valence-electron chi connectivity index (χ4n) is 2.30. The van der Waals surface area contributed by atoms with Crippen LogP contribution in [0.4, 0.5) is 5.69 Å². The topological polar surface area (TPSA) is 47.6 Å². The van der Waals surface area contributed by atoms with E-state index in [0.29, 0.717) is 11.5 Å². The Morgan fingerprint density at radius 2 is 2.16 bits per heavy atom. The fourth-order valence-corrected chi connectivity index (χ4v) is 2.30. The summed E-state index contributed by atoms with van der Waals surface area (Å²) in [5.74, 6) is 0.318. The molecule has 4 heteroatoms. The Balaban J connectivity index is 2.04. The standard InChI is InChI=1S/C15H21NO3/c1-11-3-4-14(13(9-11)15(17)18-2)16-10-12-5-7-19-8-6-12/h3-4,9,12,16H,5-8,10H2,1-2H3. The van der Waals surface area contributed by atoms with Gasteiger partial charge in [0.2, 0.25) is 0 Å². The van der Waals surface area contributed by atoms with Crippen molar-refractivity contribution in [2.75, 3.05) is 32.2 Å². The molecule has 2 rings (SSSR count). The minimum Gasteiger partial charge on any atom is -0.465 e. The second-order valence-corrected chi connectivity index (χ2v) is 4.98. The summed E-state index contributed by atoms with van der Waals surface area (Å²) >= 11 is 0. The molecule has 1 aliphatic heterocycles. The molecule has 19 heavy (non-hydrogen) atoms. The van der Waals surface area contributed by atoms with Gasteiger partial charge in [-0.2, -0.15) is 0 Å². The van der Waals surface area contributed by atoms with Gasteiger partial charge in [-0.05, 0) is 37.8 Å². The summed E-state index contributed by atoms with van der Waals surface area (Å²) in [4.78, 5) is 11.8. The normalized spacial score (nSPS) is 16.1. The molecule has 1 aromatic rings. The Morgan fingerprint density at radius 1 is 1.42 bits per heavy atom. The highest BCUT2D eigenvalue weighted by molar-refractivity contribution is 5.95. The summed E-state index contributed by atoms with van der Waals surface area (Å²) in [6.07, 6.45) is 2.15. The number of nitrogens with one attached hydrogen (secondary N) is 1. The van der Waals surface area contributed by atoms with E-state index in [1.165, 1.54) is 7.11 Å². The third kappa shape index (κ3) is 3.70. The van der Waals surface area contributed by atoms with Crippen molar-refractivity contribution in [1.29, 1.82) is 0 Å². The SMILES string of the molecule is COC(=O)c1cc(C)ccc1NCC1CCOCC1. The number of aryl methyl sites for hydroxylation is 1. The molecular formula is C15H21NO3. The predicted octanol–water partition coefficient (Wildman–Crippen LogP) is 2.62. The highest BCUT2D eigenvalue weighted by Gasteiger charge is 2.16. The average molecular weight is 263 g/mol. The lowest BCUT2D eigenvalue weighted by molar-refractivity contribution is 0.0601. The highest BCUT2D eigenvalue weighted by atomic mass is 16.5. The summed E-state index contributed by atoms with van der Waals surface area (Å²) < 4.78 is 10.2. The lowest BCUT2D eigenvalue weighted by Gasteiger charge is -2.23. The van der Waals surface area contributed by atoms with Crippen LogP contribution in [0.5, 0.6) is 0 Å². The molecule has 0 aromatic heterocycles. The number of hydrogen-bond donors (Lipinski definition) is 1. The van der Waals surface area contributed by atoms with Crippen LogP contribution in [0.25, 0.3) is 0 Å². The largest absolute Gasteiger partial charge is 0.465 e. The average Bonchev–Trinajstić information content (AvgIpc) is 2.46. The van der Waals surface area contributed by atoms with Crippen LogP contribution in [-0.2, 0) is 9.47 Å². The van der Waals surface area contributed by atoms with E-state index in [9.17, 15) is 4.79 Å². The van der Waals surface area contributed by atoms with Crippen molar-refractivity contribution in [3.63, 3.8) is 0 Å². The lowest BCUT2D eigenvalue weighted by atomic mass is 10.00. The summed E-state index contributed by atoms with van der Waals surface area (Å²) in [6.45, 7) is 4.51. The van der Waals surface area contributed by atoms with Crippen LogP contribution >= 0.6 is 0 Å². The molecule has 0 spiro atoms. The van der Waals surface area contributed by atoms with Crippen molar-refractivity contribution in [3.05, 3.63) is 29.3 Å². The van der Waals surface area contributed by atoms with Crippen molar-refractivity contribution in [3.8, 4) is 0 Å². The quantitative estimate of drug-likeness (QED) is 0.848. The zero-order valence-electron chi connectivity index (χ0n) is 11.6. The molecule has 0 radical (unpaired) electrons. The van der Waals surface area contributed by atoms with Crippen LogP contribution in [0, 0.1) is 12.8 Å². The molecule has 0 atom stereocenters. The van der Waals surface area contributed by atoms with Gasteiger partial charge < -0.3 is 14.8 Å². The summed E-state index contributed by atoms with van der Waals surface area (Å²) in [7, 11) is 1.41. The van der Waals surface area contributed by atoms with E-state index in [-0.39, 0.29) is 5.97 Å². The van der Waals surface area contributed by atoms with Crippen molar-refractivity contribution in [2.45, 2.75) is 19.8 Å². The molecule has 0 saturated carbocycles. The molecule has 0 amide bonds. The van der Waals surface area contributed by atoms with Gasteiger partial charge in [-0.25, -0.2) is 4.79 Å². The first-order valence-electron chi connectivity index (χ1n) is 6.71. The van der Waals surface area contributed by atoms with E-state index in [1.807, 2.05) is 25.1 Å². The molecule has 104 valence electrons. The first-order valence-corrected chi connectivity index (χ1v) is 6.71. The van der Waals surface area contributed by atoms with E-state index in [0.717, 1.165) is 43.9 Å². The Labute approximate surface area is 114 Å². The second kappa shape index (κ2) is 6.57. The molecular weight excluding hydrogens is 242 g/mol. The molecule has 0 aliphatic carbocycles. The van der Waals surface area contributed by atoms with Crippen molar-refractivity contribution < 1.29 is 14.3 Å². The molecule has 1 heterocycles. The van der Waals surface area contributed by atoms with E-state index < -0.39 is 0 Å². The molecule has 0 bridgehead atoms. The first kappa shape index (κ1) is 13.9. The van der Waals surface area contributed by atoms with E-state index in [4.69, 9.17) is 9.47 Å². The minimum atomic E-state index is -0.293. The Hall–Kier alpha value is -1.55. The van der Waals surface area contributed by atoms with Crippen LogP contribution < -0.4 is 5.32 Å². The molecule has 0 unspecified atom stereocenters. The predicted molar refractivity (Wildman–Crippen MR) is 74.6 cm³/mol. The fraction of sp³-hybridized carbons (Fsp3) is 0.533. The van der Waals surface area contributed by atoms with Crippen LogP contribution in [0.15, 0.2) is 18.2 Å². The maximum absolute atomic E-state index is 11.8. The number of rotatable bonds is 4. The Morgan fingerprint density at radius 3 is 2.84 bits per heavy atom. The first-order chi connectivity index (χ1) is 9.20. The number of carbonyl (C=O) groups is 1. The maximum Gasteiger partial charge on any atom is 0.339 e. The van der Waals surface area contributed by atoms with E-state index >= 15 is 0 Å². The van der Waals surface area contributed by atoms with Gasteiger partial charge in [0.1, 0.15) is 0 Å². The minimum absolute atomic E-state index is 0.293. The van der Waals surface area contributed by atoms with Gasteiger partial charge in [-0.3, -0.25) is 0 Å². The van der Waals surface area contributed by atoms with Gasteiger partial charge in [0.15, 0.2) is 0 Å². The Bertz CT molecular complexity index is 439. The number of benzene rings is 1. The highest BCUT2D eigenvalue weighted by Crippen LogP contribution is 2.21. The molecule has 1 saturated heterocycles. The maximum atomic E-state index is 11.8. The number of carbonyl (C=O) groups excluding carboxylic acids is 1. The Kier molecular flexibility index (Phi) is 4.80. The third-order valence-corrected chi connectivity index (χ3v) is 3.50.